The van der Waals surface area contributed by atoms with Crippen LogP contribution in [0.2, 0.25) is 0 Å². The van der Waals surface area contributed by atoms with E-state index in [1.54, 1.807) is 69.5 Å². The Kier molecular flexibility index (Phi) is 27.2. The fourth-order valence-corrected chi connectivity index (χ4v) is 20.0. The predicted octanol–water partition coefficient (Wildman–Crippen LogP) is 21.6. The van der Waals surface area contributed by atoms with Gasteiger partial charge in [-0.15, -0.1) is 107 Å². The minimum atomic E-state index is -3.46. The molecule has 2 aliphatic heterocycles. The van der Waals surface area contributed by atoms with Gasteiger partial charge in [0.2, 0.25) is 9.84 Å². The molecule has 7 aromatic heterocycles. The first-order valence-electron chi connectivity index (χ1n) is 39.3. The number of imidazole rings is 1. The third kappa shape index (κ3) is 18.4. The number of hydrogen-bond donors (Lipinski definition) is 0. The van der Waals surface area contributed by atoms with Crippen LogP contribution >= 0.6 is 7.14 Å². The van der Waals surface area contributed by atoms with Gasteiger partial charge in [0.05, 0.1) is 33.8 Å². The van der Waals surface area contributed by atoms with Crippen LogP contribution in [0.5, 0.6) is 0 Å². The second-order valence-electron chi connectivity index (χ2n) is 29.7. The maximum absolute atomic E-state index is 14.6. The number of hydrogen-bond acceptors (Lipinski definition) is 10. The molecule has 0 saturated heterocycles. The Morgan fingerprint density at radius 2 is 0.911 bits per heavy atom. The third-order valence-corrected chi connectivity index (χ3v) is 25.8. The predicted molar refractivity (Wildman–Crippen MR) is 481 cm³/mol. The number of oxazole rings is 1. The normalized spacial score (nSPS) is 12.8. The number of nitrogens with zero attached hydrogens (tertiary/aromatic N) is 12. The van der Waals surface area contributed by atoms with Crippen LogP contribution in [0.25, 0.3) is 123 Å². The molecule has 0 N–H and O–H groups in total. The summed E-state index contributed by atoms with van der Waals surface area (Å²) in [5, 5.41) is 22.4. The molecule has 3 radical (unpaired) electrons. The smallest absolute Gasteiger partial charge is 0.489 e. The summed E-state index contributed by atoms with van der Waals surface area (Å²) >= 11 is 0. The number of aromatic nitrogens is 12. The molecule has 0 spiro atoms. The van der Waals surface area contributed by atoms with Crippen molar-refractivity contribution in [2.75, 3.05) is 0 Å². The molecule has 0 aliphatic carbocycles. The molecule has 613 valence electrons. The second-order valence-corrected chi connectivity index (χ2v) is 34.3. The van der Waals surface area contributed by atoms with Crippen molar-refractivity contribution in [3.8, 4) is 101 Å². The van der Waals surface area contributed by atoms with Crippen molar-refractivity contribution in [3.05, 3.63) is 419 Å². The molecule has 21 heteroatoms. The summed E-state index contributed by atoms with van der Waals surface area (Å²) in [6.07, 6.45) is 17.7. The summed E-state index contributed by atoms with van der Waals surface area (Å²) in [6, 6.07) is 120. The van der Waals surface area contributed by atoms with Gasteiger partial charge in [-0.1, -0.05) is 156 Å². The zero-order chi connectivity index (χ0) is 83.0. The molecule has 1 atom stereocenters. The largest absolute Gasteiger partial charge is 2.00 e. The number of sulfone groups is 1. The van der Waals surface area contributed by atoms with Gasteiger partial charge in [0, 0.05) is 117 Å². The van der Waals surface area contributed by atoms with Crippen LogP contribution in [0.1, 0.15) is 32.2 Å². The zero-order valence-corrected chi connectivity index (χ0v) is 74.7. The summed E-state index contributed by atoms with van der Waals surface area (Å²) in [4.78, 5) is 8.96. The molecule has 0 saturated carbocycles. The van der Waals surface area contributed by atoms with Crippen LogP contribution in [-0.2, 0) is 85.4 Å². The van der Waals surface area contributed by atoms with Crippen LogP contribution in [-0.4, -0.2) is 66.6 Å². The molecule has 0 amide bonds. The zero-order valence-electron chi connectivity index (χ0n) is 68.1. The molecule has 20 aromatic rings. The number of fused-ring (bicyclic) bond motifs is 9. The number of para-hydroxylation sites is 2. The van der Waals surface area contributed by atoms with Gasteiger partial charge in [-0.25, -0.2) is 8.42 Å². The Bertz CT molecular complexity index is 7040. The van der Waals surface area contributed by atoms with Crippen molar-refractivity contribution in [1.82, 2.24) is 58.2 Å². The molecule has 16 nitrogen and oxygen atoms in total. The summed E-state index contributed by atoms with van der Waals surface area (Å²) in [5.41, 5.74) is 20.1. The Labute approximate surface area is 759 Å². The van der Waals surface area contributed by atoms with E-state index in [0.29, 0.717) is 15.7 Å². The van der Waals surface area contributed by atoms with Crippen molar-refractivity contribution in [2.24, 2.45) is 7.05 Å². The van der Waals surface area contributed by atoms with Crippen molar-refractivity contribution in [2.45, 2.75) is 49.9 Å². The van der Waals surface area contributed by atoms with Crippen LogP contribution in [0.15, 0.2) is 386 Å². The molecule has 2 aliphatic rings. The van der Waals surface area contributed by atoms with Gasteiger partial charge < -0.3 is 18.1 Å². The van der Waals surface area contributed by atoms with E-state index in [9.17, 15) is 13.0 Å². The standard InChI is InChI=1S/C27H26N3.C27H18N2OP.C21H13N2O2S.C10H9N2.C9H7N2.C9H6NO.3Rh/c1-18-16-19(2)30(28-18)22-13-10-20(11-14-22)21-12-15-24-23-8-6-7-9-25(23)29(26(24)17-21)27(3,4)5;30-31(23-7-2-1-3-8-23)26-10-5-4-9-24(26)25-16-13-21(19-27(25)31)20-11-14-22(15-12-20)29-18-6-17-28-29;24-26(25)20-5-2-1-4-18(20)19-11-8-16(14-21(19)26)15-6-9-17(10-7-15)23-13-3-12-22-23;1-12-8-7-11-10(12)9-5-3-2-4-6-9;1-2-5-9(6-3-1)11-8-4-7-10-11;1-2-4-8(5-3-1)9-10-6-7-11-9;;;/h6-13,15-17H,1-5H3;1-14,16-19H;1-9,11-14H;2-5,7-8H,1H3;1-5,7-8H;1-4,6-7H;;;/q6*-1;3*+2. The Morgan fingerprint density at radius 1 is 0.403 bits per heavy atom. The summed E-state index contributed by atoms with van der Waals surface area (Å²) in [7, 11) is -4.41. The van der Waals surface area contributed by atoms with Gasteiger partial charge in [0.25, 0.3) is 0 Å². The van der Waals surface area contributed by atoms with Crippen molar-refractivity contribution >= 4 is 54.7 Å². The van der Waals surface area contributed by atoms with E-state index in [1.165, 1.54) is 27.4 Å². The molecule has 0 fully saturated rings. The minimum absolute atomic E-state index is 0. The topological polar surface area (TPSA) is 171 Å². The van der Waals surface area contributed by atoms with Gasteiger partial charge in [0.1, 0.15) is 5.89 Å². The van der Waals surface area contributed by atoms with E-state index < -0.39 is 17.0 Å². The molecule has 1 unspecified atom stereocenters. The van der Waals surface area contributed by atoms with E-state index in [0.717, 1.165) is 117 Å². The van der Waals surface area contributed by atoms with E-state index in [4.69, 9.17) is 4.42 Å². The average molecular weight is 1920 g/mol. The fraction of sp³-hybridized carbons (Fsp3) is 0.0680. The van der Waals surface area contributed by atoms with Crippen LogP contribution in [0.4, 0.5) is 0 Å². The minimum Gasteiger partial charge on any atom is -0.489 e. The second kappa shape index (κ2) is 38.6. The molecule has 9 heterocycles. The first-order chi connectivity index (χ1) is 59.0. The average Bonchev–Trinajstić information content (AvgIpc) is 1.56. The van der Waals surface area contributed by atoms with E-state index in [2.05, 4.69) is 196 Å². The van der Waals surface area contributed by atoms with Crippen LogP contribution < -0.4 is 15.9 Å². The van der Waals surface area contributed by atoms with E-state index in [1.807, 2.05) is 242 Å². The number of benzene rings is 13. The number of aryl methyl sites for hydroxylation is 3. The first-order valence-corrected chi connectivity index (χ1v) is 42.5. The molecule has 0 bridgehead atoms. The molecule has 22 rings (SSSR count). The van der Waals surface area contributed by atoms with Gasteiger partial charge in [-0.2, -0.15) is 99.3 Å². The Hall–Kier alpha value is -13.0. The maximum atomic E-state index is 14.6. The van der Waals surface area contributed by atoms with Gasteiger partial charge in [-0.3, -0.25) is 28.7 Å². The fourth-order valence-electron chi connectivity index (χ4n) is 15.2. The van der Waals surface area contributed by atoms with Gasteiger partial charge in [-0.05, 0) is 117 Å². The SMILES string of the molecule is Cc1cc(C)n(-c2[c-]cc(-c3ccc4c5ccccc5n(C(C)(C)C)c4c3)cc2)n1.Cn1ccnc1-c1[c-]cccc1.O=P1(c2ccccc2)c2ccccc2-c2ccc(-c3c[c-]c(-n4cccn4)cc3)cc21.O=S1(=O)c2ccccc2-c2ccc(-c3c[c-]c(-n4cccn4)cc3)cc21.[Rh+2].[Rh+2].[Rh+2].[c-]1ccccc1-c1ncco1.[c-]1ccccc1-n1cccn1. The number of rotatable bonds is 10. The quantitative estimate of drug-likeness (QED) is 0.0729. The maximum Gasteiger partial charge on any atom is 2.00 e. The van der Waals surface area contributed by atoms with Crippen LogP contribution in [0, 0.1) is 50.2 Å². The molecular weight excluding hydrogens is 1840 g/mol. The molecular formula is C103H79N12O4PRh3S. The summed E-state index contributed by atoms with van der Waals surface area (Å²) in [5.74, 6) is 1.57. The molecule has 124 heavy (non-hydrogen) atoms. The van der Waals surface area contributed by atoms with Crippen molar-refractivity contribution < 1.29 is 75.8 Å². The first kappa shape index (κ1) is 87.3. The third-order valence-electron chi connectivity index (χ3n) is 20.8. The molecule has 13 aromatic carbocycles. The van der Waals surface area contributed by atoms with Crippen LogP contribution in [0.3, 0.4) is 0 Å². The van der Waals surface area contributed by atoms with Crippen molar-refractivity contribution in [1.29, 1.82) is 0 Å². The van der Waals surface area contributed by atoms with Gasteiger partial charge >= 0.3 is 58.4 Å². The van der Waals surface area contributed by atoms with E-state index >= 15 is 0 Å². The van der Waals surface area contributed by atoms with Crippen molar-refractivity contribution in [3.63, 3.8) is 0 Å². The van der Waals surface area contributed by atoms with Gasteiger partial charge in [0.15, 0.2) is 7.14 Å². The Balaban J connectivity index is 0.000000126. The Morgan fingerprint density at radius 3 is 1.46 bits per heavy atom. The monoisotopic (exact) mass is 1920 g/mol. The summed E-state index contributed by atoms with van der Waals surface area (Å²) in [6.45, 7) is 10.9. The van der Waals surface area contributed by atoms with E-state index in [-0.39, 0.29) is 64.0 Å². The summed E-state index contributed by atoms with van der Waals surface area (Å²) < 4.78 is 57.1.